The standard InChI is InChI=1S/C18H17N3O2S/c1-11-3-2-4-13(9-11)18-20-16(21-23-18)15-8-7-14(24-15)10-19-17(22)12-5-6-12/h2-4,7-9,12H,5-6,10H2,1H3,(H,19,22). The number of carbonyl (C=O) groups is 1. The Bertz CT molecular complexity index is 880. The van der Waals surface area contributed by atoms with Crippen molar-refractivity contribution >= 4 is 17.2 Å². The molecule has 1 saturated carbocycles. The van der Waals surface area contributed by atoms with Crippen LogP contribution in [0.3, 0.4) is 0 Å². The summed E-state index contributed by atoms with van der Waals surface area (Å²) in [6, 6.07) is 11.9. The molecule has 1 fully saturated rings. The molecule has 0 radical (unpaired) electrons. The van der Waals surface area contributed by atoms with Gasteiger partial charge in [0.05, 0.1) is 11.4 Å². The number of thiophene rings is 1. The van der Waals surface area contributed by atoms with Crippen molar-refractivity contribution < 1.29 is 9.32 Å². The van der Waals surface area contributed by atoms with Crippen molar-refractivity contribution in [3.63, 3.8) is 0 Å². The topological polar surface area (TPSA) is 68.0 Å². The van der Waals surface area contributed by atoms with E-state index in [9.17, 15) is 4.79 Å². The Morgan fingerprint density at radius 3 is 3.00 bits per heavy atom. The maximum absolute atomic E-state index is 11.7. The summed E-state index contributed by atoms with van der Waals surface area (Å²) in [6.07, 6.45) is 2.04. The van der Waals surface area contributed by atoms with Crippen molar-refractivity contribution in [1.29, 1.82) is 0 Å². The lowest BCUT2D eigenvalue weighted by molar-refractivity contribution is -0.122. The number of aromatic nitrogens is 2. The number of nitrogens with zero attached hydrogens (tertiary/aromatic N) is 2. The molecule has 1 N–H and O–H groups in total. The van der Waals surface area contributed by atoms with Gasteiger partial charge in [-0.2, -0.15) is 4.98 Å². The summed E-state index contributed by atoms with van der Waals surface area (Å²) in [4.78, 5) is 18.2. The Labute approximate surface area is 143 Å². The van der Waals surface area contributed by atoms with Gasteiger partial charge >= 0.3 is 0 Å². The minimum atomic E-state index is 0.159. The SMILES string of the molecule is Cc1cccc(-c2nc(-c3ccc(CNC(=O)C4CC4)s3)no2)c1. The van der Waals surface area contributed by atoms with Gasteiger partial charge in [-0.3, -0.25) is 4.79 Å². The van der Waals surface area contributed by atoms with Gasteiger partial charge in [-0.15, -0.1) is 11.3 Å². The molecular formula is C18H17N3O2S. The summed E-state index contributed by atoms with van der Waals surface area (Å²) < 4.78 is 5.38. The number of hydrogen-bond acceptors (Lipinski definition) is 5. The first-order valence-electron chi connectivity index (χ1n) is 7.96. The second-order valence-corrected chi connectivity index (χ2v) is 7.22. The van der Waals surface area contributed by atoms with Crippen LogP contribution >= 0.6 is 11.3 Å². The van der Waals surface area contributed by atoms with Crippen molar-refractivity contribution in [2.24, 2.45) is 5.92 Å². The Hall–Kier alpha value is -2.47. The highest BCUT2D eigenvalue weighted by atomic mass is 32.1. The molecule has 24 heavy (non-hydrogen) atoms. The number of aryl methyl sites for hydroxylation is 1. The highest BCUT2D eigenvalue weighted by Gasteiger charge is 2.29. The van der Waals surface area contributed by atoms with Gasteiger partial charge in [-0.25, -0.2) is 0 Å². The highest BCUT2D eigenvalue weighted by Crippen LogP contribution is 2.30. The average Bonchev–Trinajstić information content (AvgIpc) is 3.13. The molecule has 1 amide bonds. The van der Waals surface area contributed by atoms with E-state index in [1.165, 1.54) is 0 Å². The second kappa shape index (κ2) is 6.20. The van der Waals surface area contributed by atoms with Crippen molar-refractivity contribution in [3.8, 4) is 22.2 Å². The van der Waals surface area contributed by atoms with Crippen LogP contribution in [0.15, 0.2) is 40.9 Å². The van der Waals surface area contributed by atoms with Crippen LogP contribution in [-0.2, 0) is 11.3 Å². The van der Waals surface area contributed by atoms with Crippen LogP contribution in [0.5, 0.6) is 0 Å². The molecule has 0 spiro atoms. The van der Waals surface area contributed by atoms with Gasteiger partial charge in [0.1, 0.15) is 0 Å². The predicted octanol–water partition coefficient (Wildman–Crippen LogP) is 3.80. The molecule has 0 atom stereocenters. The number of carbonyl (C=O) groups excluding carboxylic acids is 1. The van der Waals surface area contributed by atoms with E-state index < -0.39 is 0 Å². The molecule has 0 saturated heterocycles. The van der Waals surface area contributed by atoms with Gasteiger partial charge < -0.3 is 9.84 Å². The Morgan fingerprint density at radius 1 is 1.33 bits per heavy atom. The summed E-state index contributed by atoms with van der Waals surface area (Å²) in [6.45, 7) is 2.59. The zero-order valence-corrected chi connectivity index (χ0v) is 14.1. The zero-order valence-electron chi connectivity index (χ0n) is 13.3. The van der Waals surface area contributed by atoms with Crippen molar-refractivity contribution in [3.05, 3.63) is 46.8 Å². The largest absolute Gasteiger partial charge is 0.351 e. The van der Waals surface area contributed by atoms with Crippen molar-refractivity contribution in [2.45, 2.75) is 26.3 Å². The van der Waals surface area contributed by atoms with Gasteiger partial charge in [0.25, 0.3) is 5.89 Å². The van der Waals surface area contributed by atoms with E-state index in [4.69, 9.17) is 4.52 Å². The van der Waals surface area contributed by atoms with E-state index >= 15 is 0 Å². The molecule has 4 rings (SSSR count). The molecular weight excluding hydrogens is 322 g/mol. The van der Waals surface area contributed by atoms with Crippen LogP contribution in [-0.4, -0.2) is 16.0 Å². The van der Waals surface area contributed by atoms with Crippen LogP contribution in [0.25, 0.3) is 22.2 Å². The summed E-state index contributed by atoms with van der Waals surface area (Å²) >= 11 is 1.57. The molecule has 5 nitrogen and oxygen atoms in total. The molecule has 0 unspecified atom stereocenters. The van der Waals surface area contributed by atoms with E-state index in [2.05, 4.69) is 15.5 Å². The summed E-state index contributed by atoms with van der Waals surface area (Å²) in [5.41, 5.74) is 2.07. The van der Waals surface area contributed by atoms with Gasteiger partial charge in [-0.1, -0.05) is 22.9 Å². The van der Waals surface area contributed by atoms with Crippen LogP contribution in [0.2, 0.25) is 0 Å². The van der Waals surface area contributed by atoms with Crippen molar-refractivity contribution in [1.82, 2.24) is 15.5 Å². The van der Waals surface area contributed by atoms with Gasteiger partial charge in [0, 0.05) is 16.4 Å². The van der Waals surface area contributed by atoms with Gasteiger partial charge in [-0.05, 0) is 44.0 Å². The van der Waals surface area contributed by atoms with Gasteiger partial charge in [0.15, 0.2) is 0 Å². The minimum absolute atomic E-state index is 0.159. The molecule has 1 aromatic carbocycles. The van der Waals surface area contributed by atoms with Crippen LogP contribution < -0.4 is 5.32 Å². The monoisotopic (exact) mass is 339 g/mol. The fraction of sp³-hybridized carbons (Fsp3) is 0.278. The second-order valence-electron chi connectivity index (χ2n) is 6.05. The first-order chi connectivity index (χ1) is 11.7. The minimum Gasteiger partial charge on any atom is -0.351 e. The number of nitrogens with one attached hydrogen (secondary N) is 1. The first-order valence-corrected chi connectivity index (χ1v) is 8.78. The van der Waals surface area contributed by atoms with Gasteiger partial charge in [0.2, 0.25) is 11.7 Å². The van der Waals surface area contributed by atoms with Crippen molar-refractivity contribution in [2.75, 3.05) is 0 Å². The summed E-state index contributed by atoms with van der Waals surface area (Å²) in [5, 5.41) is 7.05. The molecule has 2 aromatic heterocycles. The third-order valence-corrected chi connectivity index (χ3v) is 5.04. The van der Waals surface area contributed by atoms with E-state index in [1.807, 2.05) is 43.3 Å². The molecule has 0 aliphatic heterocycles. The zero-order chi connectivity index (χ0) is 16.5. The lowest BCUT2D eigenvalue weighted by Crippen LogP contribution is -2.23. The fourth-order valence-electron chi connectivity index (χ4n) is 2.48. The molecule has 1 aliphatic carbocycles. The molecule has 2 heterocycles. The third-order valence-electron chi connectivity index (χ3n) is 3.96. The Morgan fingerprint density at radius 2 is 2.21 bits per heavy atom. The Kier molecular flexibility index (Phi) is 3.90. The third kappa shape index (κ3) is 3.23. The lowest BCUT2D eigenvalue weighted by atomic mass is 10.1. The molecule has 1 aliphatic rings. The average molecular weight is 339 g/mol. The number of amides is 1. The molecule has 6 heteroatoms. The lowest BCUT2D eigenvalue weighted by Gasteiger charge is -2.00. The molecule has 3 aromatic rings. The molecule has 122 valence electrons. The normalized spacial score (nSPS) is 13.9. The number of benzene rings is 1. The first kappa shape index (κ1) is 15.1. The predicted molar refractivity (Wildman–Crippen MR) is 92.4 cm³/mol. The van der Waals surface area contributed by atoms with E-state index in [0.717, 1.165) is 33.7 Å². The van der Waals surface area contributed by atoms with Crippen LogP contribution in [0, 0.1) is 12.8 Å². The summed E-state index contributed by atoms with van der Waals surface area (Å²) in [5.74, 6) is 1.49. The maximum atomic E-state index is 11.7. The Balaban J connectivity index is 1.47. The number of hydrogen-bond donors (Lipinski definition) is 1. The molecule has 0 bridgehead atoms. The smallest absolute Gasteiger partial charge is 0.258 e. The number of rotatable bonds is 5. The summed E-state index contributed by atoms with van der Waals surface area (Å²) in [7, 11) is 0. The quantitative estimate of drug-likeness (QED) is 0.768. The van der Waals surface area contributed by atoms with E-state index in [1.54, 1.807) is 11.3 Å². The van der Waals surface area contributed by atoms with E-state index in [0.29, 0.717) is 18.3 Å². The highest BCUT2D eigenvalue weighted by molar-refractivity contribution is 7.15. The fourth-order valence-corrected chi connectivity index (χ4v) is 3.35. The van der Waals surface area contributed by atoms with Crippen LogP contribution in [0.1, 0.15) is 23.3 Å². The van der Waals surface area contributed by atoms with E-state index in [-0.39, 0.29) is 11.8 Å². The van der Waals surface area contributed by atoms with Crippen LogP contribution in [0.4, 0.5) is 0 Å². The maximum Gasteiger partial charge on any atom is 0.258 e.